The molecule has 1 N–H and O–H groups in total. The highest BCUT2D eigenvalue weighted by Gasteiger charge is 2.34. The highest BCUT2D eigenvalue weighted by atomic mass is 19.2. The van der Waals surface area contributed by atoms with Crippen LogP contribution in [-0.4, -0.2) is 78.7 Å². The summed E-state index contributed by atoms with van der Waals surface area (Å²) in [5.74, 6) is -6.54. The lowest BCUT2D eigenvalue weighted by Crippen LogP contribution is -2.56. The van der Waals surface area contributed by atoms with Gasteiger partial charge in [-0.15, -0.1) is 0 Å². The number of aromatic nitrogens is 1. The standard InChI is InChI=1S/C20H24F4N5O/c1-27(2)20(30)29-7-5-28(6-8-29)13-9-11(3-4-25-13)12-10-26-19-14(12)15(21)16(22)17(23)18(19)24/h10-11,13,26H,3-9H2,1-2H3/t11?,13-/m1/s1. The van der Waals surface area contributed by atoms with Crippen molar-refractivity contribution in [3.8, 4) is 0 Å². The van der Waals surface area contributed by atoms with Crippen LogP contribution in [0.5, 0.6) is 0 Å². The molecule has 2 aliphatic rings. The van der Waals surface area contributed by atoms with Crippen molar-refractivity contribution >= 4 is 16.9 Å². The van der Waals surface area contributed by atoms with E-state index in [1.807, 2.05) is 0 Å². The molecule has 2 fully saturated rings. The van der Waals surface area contributed by atoms with Crippen molar-refractivity contribution in [2.24, 2.45) is 0 Å². The molecule has 10 heteroatoms. The number of carbonyl (C=O) groups is 1. The van der Waals surface area contributed by atoms with Crippen molar-refractivity contribution in [1.29, 1.82) is 0 Å². The van der Waals surface area contributed by atoms with Gasteiger partial charge in [0.1, 0.15) is 0 Å². The molecule has 2 aliphatic heterocycles. The quantitative estimate of drug-likeness (QED) is 0.456. The topological polar surface area (TPSA) is 56.7 Å². The molecular formula is C20H24F4N5O. The number of hydrogen-bond acceptors (Lipinski definition) is 2. The molecule has 0 bridgehead atoms. The summed E-state index contributed by atoms with van der Waals surface area (Å²) in [6.07, 6.45) is 2.50. The summed E-state index contributed by atoms with van der Waals surface area (Å²) >= 11 is 0. The molecular weight excluding hydrogens is 402 g/mol. The van der Waals surface area contributed by atoms with E-state index in [4.69, 9.17) is 0 Å². The molecule has 6 nitrogen and oxygen atoms in total. The van der Waals surface area contributed by atoms with E-state index < -0.39 is 23.3 Å². The van der Waals surface area contributed by atoms with E-state index in [2.05, 4.69) is 15.2 Å². The van der Waals surface area contributed by atoms with Crippen LogP contribution in [0.15, 0.2) is 6.20 Å². The molecule has 0 spiro atoms. The molecule has 2 saturated heterocycles. The molecule has 30 heavy (non-hydrogen) atoms. The van der Waals surface area contributed by atoms with Crippen LogP contribution < -0.4 is 5.32 Å². The predicted molar refractivity (Wildman–Crippen MR) is 103 cm³/mol. The Bertz CT molecular complexity index is 955. The molecule has 1 radical (unpaired) electrons. The van der Waals surface area contributed by atoms with Crippen LogP contribution in [0.25, 0.3) is 10.9 Å². The zero-order valence-electron chi connectivity index (χ0n) is 16.9. The SMILES string of the molecule is CN(C)C(=O)N1CCN([C@@H]2CC(c3c[nH]c4c(F)c(F)c(F)c(F)c34)CC[N]2)CC1. The highest BCUT2D eigenvalue weighted by molar-refractivity contribution is 5.85. The number of halogens is 4. The van der Waals surface area contributed by atoms with Crippen LogP contribution in [-0.2, 0) is 0 Å². The van der Waals surface area contributed by atoms with E-state index in [1.54, 1.807) is 23.9 Å². The number of nitrogens with one attached hydrogen (secondary N) is 1. The van der Waals surface area contributed by atoms with Crippen molar-refractivity contribution in [2.75, 3.05) is 46.8 Å². The number of H-pyrrole nitrogens is 1. The lowest BCUT2D eigenvalue weighted by atomic mass is 9.87. The Morgan fingerprint density at radius 1 is 1.07 bits per heavy atom. The van der Waals surface area contributed by atoms with Gasteiger partial charge in [-0.25, -0.2) is 27.7 Å². The fourth-order valence-electron chi connectivity index (χ4n) is 4.45. The Kier molecular flexibility index (Phi) is 5.63. The summed E-state index contributed by atoms with van der Waals surface area (Å²) < 4.78 is 55.9. The van der Waals surface area contributed by atoms with Gasteiger partial charge < -0.3 is 14.8 Å². The van der Waals surface area contributed by atoms with Gasteiger partial charge in [-0.3, -0.25) is 4.90 Å². The smallest absolute Gasteiger partial charge is 0.319 e. The maximum Gasteiger partial charge on any atom is 0.319 e. The number of rotatable bonds is 2. The van der Waals surface area contributed by atoms with Crippen LogP contribution in [0.1, 0.15) is 24.3 Å². The number of piperazine rings is 1. The molecule has 1 aromatic heterocycles. The minimum atomic E-state index is -1.81. The number of aromatic amines is 1. The lowest BCUT2D eigenvalue weighted by molar-refractivity contribution is 0.0672. The van der Waals surface area contributed by atoms with E-state index in [9.17, 15) is 22.4 Å². The van der Waals surface area contributed by atoms with E-state index in [0.29, 0.717) is 51.1 Å². The lowest BCUT2D eigenvalue weighted by Gasteiger charge is -2.42. The van der Waals surface area contributed by atoms with Gasteiger partial charge in [0.05, 0.1) is 11.7 Å². The number of benzene rings is 1. The van der Waals surface area contributed by atoms with Crippen molar-refractivity contribution < 1.29 is 22.4 Å². The number of fused-ring (bicyclic) bond motifs is 1. The molecule has 1 unspecified atom stereocenters. The second-order valence-electron chi connectivity index (χ2n) is 8.06. The summed E-state index contributed by atoms with van der Waals surface area (Å²) in [6, 6.07) is -0.0290. The number of amides is 2. The molecule has 2 atom stereocenters. The minimum Gasteiger partial charge on any atom is -0.358 e. The molecule has 3 heterocycles. The first-order chi connectivity index (χ1) is 14.3. The van der Waals surface area contributed by atoms with Crippen LogP contribution in [0.4, 0.5) is 22.4 Å². The Morgan fingerprint density at radius 3 is 2.40 bits per heavy atom. The van der Waals surface area contributed by atoms with E-state index >= 15 is 0 Å². The van der Waals surface area contributed by atoms with Gasteiger partial charge in [0.25, 0.3) is 0 Å². The number of urea groups is 1. The molecule has 0 aliphatic carbocycles. The van der Waals surface area contributed by atoms with Gasteiger partial charge >= 0.3 is 6.03 Å². The summed E-state index contributed by atoms with van der Waals surface area (Å²) in [4.78, 5) is 20.2. The highest BCUT2D eigenvalue weighted by Crippen LogP contribution is 2.37. The van der Waals surface area contributed by atoms with E-state index in [1.165, 1.54) is 6.20 Å². The molecule has 0 saturated carbocycles. The zero-order chi connectivity index (χ0) is 21.6. The summed E-state index contributed by atoms with van der Waals surface area (Å²) in [6.45, 7) is 3.04. The third-order valence-electron chi connectivity index (χ3n) is 6.07. The van der Waals surface area contributed by atoms with Crippen LogP contribution in [0, 0.1) is 23.3 Å². The number of hydrogen-bond donors (Lipinski definition) is 1. The third-order valence-corrected chi connectivity index (χ3v) is 6.07. The van der Waals surface area contributed by atoms with Gasteiger partial charge in [0.15, 0.2) is 23.3 Å². The normalized spacial score (nSPS) is 23.2. The van der Waals surface area contributed by atoms with Gasteiger partial charge in [-0.05, 0) is 24.3 Å². The second-order valence-corrected chi connectivity index (χ2v) is 8.06. The summed E-state index contributed by atoms with van der Waals surface area (Å²) in [7, 11) is 3.43. The van der Waals surface area contributed by atoms with Gasteiger partial charge in [-0.2, -0.15) is 0 Å². The summed E-state index contributed by atoms with van der Waals surface area (Å²) in [5.41, 5.74) is 0.0953. The summed E-state index contributed by atoms with van der Waals surface area (Å²) in [5, 5.41) is 4.45. The maximum atomic E-state index is 14.4. The van der Waals surface area contributed by atoms with E-state index in [-0.39, 0.29) is 29.0 Å². The second kappa shape index (κ2) is 8.07. The number of nitrogens with zero attached hydrogens (tertiary/aromatic N) is 4. The van der Waals surface area contributed by atoms with Crippen molar-refractivity contribution in [3.05, 3.63) is 35.0 Å². The van der Waals surface area contributed by atoms with Crippen LogP contribution in [0.2, 0.25) is 0 Å². The molecule has 4 rings (SSSR count). The Morgan fingerprint density at radius 2 is 1.73 bits per heavy atom. The fraction of sp³-hybridized carbons (Fsp3) is 0.550. The minimum absolute atomic E-state index is 0.0290. The largest absolute Gasteiger partial charge is 0.358 e. The average molecular weight is 426 g/mol. The van der Waals surface area contributed by atoms with Crippen molar-refractivity contribution in [2.45, 2.75) is 24.9 Å². The fourth-order valence-corrected chi connectivity index (χ4v) is 4.45. The maximum absolute atomic E-state index is 14.4. The monoisotopic (exact) mass is 426 g/mol. The zero-order valence-corrected chi connectivity index (χ0v) is 16.9. The first kappa shape index (κ1) is 20.9. The third kappa shape index (κ3) is 3.51. The molecule has 2 aromatic rings. The first-order valence-corrected chi connectivity index (χ1v) is 9.99. The molecule has 1 aromatic carbocycles. The van der Waals surface area contributed by atoms with Gasteiger partial charge in [0.2, 0.25) is 0 Å². The van der Waals surface area contributed by atoms with Crippen molar-refractivity contribution in [1.82, 2.24) is 25.0 Å². The van der Waals surface area contributed by atoms with Crippen LogP contribution in [0.3, 0.4) is 0 Å². The van der Waals surface area contributed by atoms with Gasteiger partial charge in [0, 0.05) is 58.4 Å². The molecule has 2 amide bonds. The predicted octanol–water partition coefficient (Wildman–Crippen LogP) is 2.83. The Labute approximate surface area is 171 Å². The number of piperidine rings is 1. The van der Waals surface area contributed by atoms with Gasteiger partial charge in [-0.1, -0.05) is 0 Å². The Balaban J connectivity index is 1.51. The molecule has 163 valence electrons. The average Bonchev–Trinajstić information content (AvgIpc) is 3.21. The first-order valence-electron chi connectivity index (χ1n) is 9.99. The van der Waals surface area contributed by atoms with Crippen molar-refractivity contribution in [3.63, 3.8) is 0 Å². The van der Waals surface area contributed by atoms with E-state index in [0.717, 1.165) is 0 Å². The van der Waals surface area contributed by atoms with Crippen LogP contribution >= 0.6 is 0 Å². The Hall–Kier alpha value is -2.33. The number of carbonyl (C=O) groups excluding carboxylic acids is 1.